The Morgan fingerprint density at radius 3 is 1.67 bits per heavy atom. The van der Waals surface area contributed by atoms with E-state index in [1.54, 1.807) is 0 Å². The third-order valence-corrected chi connectivity index (χ3v) is 1.63. The molecule has 0 bridgehead atoms. The van der Waals surface area contributed by atoms with Crippen LogP contribution in [0.25, 0.3) is 0 Å². The Balaban J connectivity index is -0.000000109. The van der Waals surface area contributed by atoms with Gasteiger partial charge in [0.15, 0.2) is 0 Å². The van der Waals surface area contributed by atoms with Crippen LogP contribution in [-0.4, -0.2) is 5.75 Å². The van der Waals surface area contributed by atoms with E-state index in [9.17, 15) is 0 Å². The fraction of sp³-hybridized carbons (Fsp3) is 1.00. The third kappa shape index (κ3) is 17.8. The predicted molar refractivity (Wildman–Crippen MR) is 51.4 cm³/mol. The van der Waals surface area contributed by atoms with Gasteiger partial charge >= 0.3 is 0 Å². The second kappa shape index (κ2) is 15.8. The molecule has 0 aromatic carbocycles. The van der Waals surface area contributed by atoms with Gasteiger partial charge < -0.3 is 0 Å². The summed E-state index contributed by atoms with van der Waals surface area (Å²) in [7, 11) is 0. The molecule has 0 aliphatic carbocycles. The molecule has 0 aromatic rings. The molecule has 0 nitrogen and oxygen atoms in total. The molecule has 0 radical (unpaired) electrons. The minimum absolute atomic E-state index is 0. The Kier molecular flexibility index (Phi) is 28.3. The lowest BCUT2D eigenvalue weighted by Gasteiger charge is -1.98. The van der Waals surface area contributed by atoms with E-state index in [2.05, 4.69) is 26.5 Å². The molecule has 0 fully saturated rings. The Labute approximate surface area is 66.5 Å². The van der Waals surface area contributed by atoms with Gasteiger partial charge in [-0.15, -0.1) is 0 Å². The molecule has 0 aliphatic heterocycles. The lowest BCUT2D eigenvalue weighted by molar-refractivity contribution is 0.638. The molecule has 0 saturated carbocycles. The third-order valence-electron chi connectivity index (χ3n) is 1.01. The first-order valence-corrected chi connectivity index (χ1v) is 4.05. The van der Waals surface area contributed by atoms with Gasteiger partial charge in [0.25, 0.3) is 0 Å². The van der Waals surface area contributed by atoms with Crippen molar-refractivity contribution in [1.29, 1.82) is 0 Å². The average Bonchev–Trinajstić information content (AvgIpc) is 1.91. The molecule has 0 aliphatic rings. The molecule has 0 N–H and O–H groups in total. The predicted octanol–water partition coefficient (Wildman–Crippen LogP) is 3.62. The van der Waals surface area contributed by atoms with E-state index in [1.807, 2.05) is 13.8 Å². The summed E-state index contributed by atoms with van der Waals surface area (Å²) in [6, 6.07) is 0. The molecule has 1 heteroatoms. The molecule has 0 spiro atoms. The van der Waals surface area contributed by atoms with Gasteiger partial charge in [0, 0.05) is 0 Å². The molecule has 1 atom stereocenters. The lowest BCUT2D eigenvalue weighted by Crippen LogP contribution is -1.90. The zero-order chi connectivity index (χ0) is 6.99. The van der Waals surface area contributed by atoms with Crippen LogP contribution in [0.15, 0.2) is 0 Å². The zero-order valence-corrected chi connectivity index (χ0v) is 7.33. The standard InChI is InChI=1S/C5H12S.C2H6.CH4/c1-3-5(2)4-6;1-2;/h5-6H,3-4H2,1-2H3;1-2H3;1H4. The van der Waals surface area contributed by atoms with Crippen molar-refractivity contribution in [3.05, 3.63) is 0 Å². The van der Waals surface area contributed by atoms with Crippen molar-refractivity contribution in [1.82, 2.24) is 0 Å². The van der Waals surface area contributed by atoms with Crippen LogP contribution in [0, 0.1) is 5.92 Å². The molecule has 0 saturated heterocycles. The molecule has 1 unspecified atom stereocenters. The maximum atomic E-state index is 4.10. The van der Waals surface area contributed by atoms with Gasteiger partial charge in [-0.1, -0.05) is 41.5 Å². The van der Waals surface area contributed by atoms with E-state index in [0.29, 0.717) is 0 Å². The summed E-state index contributed by atoms with van der Waals surface area (Å²) in [5.74, 6) is 1.82. The zero-order valence-electron chi connectivity index (χ0n) is 6.44. The van der Waals surface area contributed by atoms with Gasteiger partial charge in [-0.3, -0.25) is 0 Å². The fourth-order valence-corrected chi connectivity index (χ4v) is 0.387. The Hall–Kier alpha value is 0.350. The van der Waals surface area contributed by atoms with Crippen LogP contribution in [0.5, 0.6) is 0 Å². The quantitative estimate of drug-likeness (QED) is 0.571. The number of hydrogen-bond acceptors (Lipinski definition) is 1. The summed E-state index contributed by atoms with van der Waals surface area (Å²) < 4.78 is 0. The molecule has 0 rings (SSSR count). The summed E-state index contributed by atoms with van der Waals surface area (Å²) in [6.07, 6.45) is 1.25. The number of rotatable bonds is 2. The summed E-state index contributed by atoms with van der Waals surface area (Å²) in [4.78, 5) is 0. The van der Waals surface area contributed by atoms with E-state index in [-0.39, 0.29) is 7.43 Å². The van der Waals surface area contributed by atoms with Crippen molar-refractivity contribution in [2.45, 2.75) is 41.5 Å². The van der Waals surface area contributed by atoms with Crippen LogP contribution >= 0.6 is 12.6 Å². The smallest absolute Gasteiger partial charge is 0.00722 e. The summed E-state index contributed by atoms with van der Waals surface area (Å²) in [6.45, 7) is 8.38. The molecule has 0 heterocycles. The Morgan fingerprint density at radius 1 is 1.33 bits per heavy atom. The highest BCUT2D eigenvalue weighted by Gasteiger charge is 1.89. The first-order valence-electron chi connectivity index (χ1n) is 3.42. The fourth-order valence-electron chi connectivity index (χ4n) is 0.129. The number of thiol groups is 1. The SMILES string of the molecule is C.CC.CCC(C)CS. The van der Waals surface area contributed by atoms with Crippen molar-refractivity contribution in [3.8, 4) is 0 Å². The first-order chi connectivity index (χ1) is 3.81. The number of hydrogen-bond donors (Lipinski definition) is 1. The van der Waals surface area contributed by atoms with E-state index in [1.165, 1.54) is 6.42 Å². The van der Waals surface area contributed by atoms with Gasteiger partial charge in [0.2, 0.25) is 0 Å². The van der Waals surface area contributed by atoms with Gasteiger partial charge in [-0.2, -0.15) is 12.6 Å². The van der Waals surface area contributed by atoms with Crippen LogP contribution in [0.4, 0.5) is 0 Å². The van der Waals surface area contributed by atoms with Crippen LogP contribution < -0.4 is 0 Å². The largest absolute Gasteiger partial charge is 0.179 e. The molecule has 0 amide bonds. The Morgan fingerprint density at radius 2 is 1.67 bits per heavy atom. The Bertz CT molecular complexity index is 23.7. The molecule has 9 heavy (non-hydrogen) atoms. The maximum Gasteiger partial charge on any atom is -0.00722 e. The van der Waals surface area contributed by atoms with E-state index in [4.69, 9.17) is 0 Å². The van der Waals surface area contributed by atoms with Crippen molar-refractivity contribution < 1.29 is 0 Å². The van der Waals surface area contributed by atoms with E-state index < -0.39 is 0 Å². The average molecular weight is 150 g/mol. The second-order valence-corrected chi connectivity index (χ2v) is 2.06. The molecule has 60 valence electrons. The van der Waals surface area contributed by atoms with Crippen molar-refractivity contribution >= 4 is 12.6 Å². The minimum atomic E-state index is 0. The van der Waals surface area contributed by atoms with Crippen molar-refractivity contribution in [2.24, 2.45) is 5.92 Å². The minimum Gasteiger partial charge on any atom is -0.179 e. The van der Waals surface area contributed by atoms with Gasteiger partial charge in [-0.05, 0) is 11.7 Å². The second-order valence-electron chi connectivity index (χ2n) is 1.70. The normalized spacial score (nSPS) is 10.3. The molecular weight excluding hydrogens is 128 g/mol. The van der Waals surface area contributed by atoms with Gasteiger partial charge in [-0.25, -0.2) is 0 Å². The highest BCUT2D eigenvalue weighted by Crippen LogP contribution is 2.00. The molecule has 0 aromatic heterocycles. The van der Waals surface area contributed by atoms with Gasteiger partial charge in [0.1, 0.15) is 0 Å². The molecular formula is C8H22S. The highest BCUT2D eigenvalue weighted by atomic mass is 32.1. The van der Waals surface area contributed by atoms with Crippen LogP contribution in [0.3, 0.4) is 0 Å². The topological polar surface area (TPSA) is 0 Å². The summed E-state index contributed by atoms with van der Waals surface area (Å²) in [5.41, 5.74) is 0. The van der Waals surface area contributed by atoms with Crippen LogP contribution in [-0.2, 0) is 0 Å². The van der Waals surface area contributed by atoms with Crippen molar-refractivity contribution in [2.75, 3.05) is 5.75 Å². The first kappa shape index (κ1) is 16.2. The van der Waals surface area contributed by atoms with Crippen molar-refractivity contribution in [3.63, 3.8) is 0 Å². The highest BCUT2D eigenvalue weighted by molar-refractivity contribution is 7.80. The lowest BCUT2D eigenvalue weighted by atomic mass is 10.2. The van der Waals surface area contributed by atoms with E-state index >= 15 is 0 Å². The maximum absolute atomic E-state index is 4.10. The monoisotopic (exact) mass is 150 g/mol. The van der Waals surface area contributed by atoms with E-state index in [0.717, 1.165) is 11.7 Å². The van der Waals surface area contributed by atoms with Gasteiger partial charge in [0.05, 0.1) is 0 Å². The summed E-state index contributed by atoms with van der Waals surface area (Å²) in [5, 5.41) is 0. The van der Waals surface area contributed by atoms with Crippen LogP contribution in [0.1, 0.15) is 41.5 Å². The van der Waals surface area contributed by atoms with Crippen LogP contribution in [0.2, 0.25) is 0 Å². The summed E-state index contributed by atoms with van der Waals surface area (Å²) >= 11 is 4.10.